The highest BCUT2D eigenvalue weighted by Gasteiger charge is 2.56. The van der Waals surface area contributed by atoms with E-state index in [2.05, 4.69) is 0 Å². The molecule has 3 aliphatic rings. The Bertz CT molecular complexity index is 491. The van der Waals surface area contributed by atoms with Gasteiger partial charge in [0.15, 0.2) is 0 Å². The van der Waals surface area contributed by atoms with E-state index in [9.17, 15) is 9.59 Å². The van der Waals surface area contributed by atoms with Crippen molar-refractivity contribution in [3.8, 4) is 0 Å². The number of carbonyl (C=O) groups excluding carboxylic acids is 1. The second-order valence-electron chi connectivity index (χ2n) is 4.91. The number of allylic oxidation sites excluding steroid dienone is 1. The van der Waals surface area contributed by atoms with Crippen LogP contribution in [0.15, 0.2) is 23.1 Å². The van der Waals surface area contributed by atoms with Gasteiger partial charge in [-0.2, -0.15) is 0 Å². The van der Waals surface area contributed by atoms with Crippen LogP contribution in [-0.4, -0.2) is 28.1 Å². The molecule has 2 atom stereocenters. The third-order valence-corrected chi connectivity index (χ3v) is 4.09. The van der Waals surface area contributed by atoms with Crippen LogP contribution in [0.3, 0.4) is 0 Å². The highest BCUT2D eigenvalue weighted by atomic mass is 16.7. The van der Waals surface area contributed by atoms with E-state index in [-0.39, 0.29) is 23.8 Å². The molecule has 18 heavy (non-hydrogen) atoms. The number of hydrogen-bond donors (Lipinski definition) is 1. The van der Waals surface area contributed by atoms with Crippen LogP contribution in [-0.2, 0) is 9.53 Å². The van der Waals surface area contributed by atoms with Crippen LogP contribution >= 0.6 is 0 Å². The van der Waals surface area contributed by atoms with Crippen molar-refractivity contribution in [1.29, 1.82) is 0 Å². The van der Waals surface area contributed by atoms with Crippen molar-refractivity contribution in [2.45, 2.75) is 38.6 Å². The van der Waals surface area contributed by atoms with E-state index in [1.165, 1.54) is 4.90 Å². The van der Waals surface area contributed by atoms with Gasteiger partial charge in [-0.3, -0.25) is 9.69 Å². The van der Waals surface area contributed by atoms with Gasteiger partial charge in [-0.25, -0.2) is 4.79 Å². The SMILES string of the molecule is C/C=C1/C(=O)N2C(OC(=O)O)=C3CCCC[C@H]3[C@H]12. The molecule has 5 heteroatoms. The number of ether oxygens (including phenoxy) is 1. The van der Waals surface area contributed by atoms with Crippen LogP contribution in [0, 0.1) is 5.92 Å². The van der Waals surface area contributed by atoms with Crippen LogP contribution in [0.25, 0.3) is 0 Å². The summed E-state index contributed by atoms with van der Waals surface area (Å²) in [5, 5.41) is 8.79. The summed E-state index contributed by atoms with van der Waals surface area (Å²) in [7, 11) is 0. The largest absolute Gasteiger partial charge is 0.512 e. The molecule has 0 aromatic heterocycles. The lowest BCUT2D eigenvalue weighted by molar-refractivity contribution is -0.136. The Morgan fingerprint density at radius 1 is 1.50 bits per heavy atom. The van der Waals surface area contributed by atoms with E-state index >= 15 is 0 Å². The smallest absolute Gasteiger partial charge is 0.449 e. The van der Waals surface area contributed by atoms with E-state index in [4.69, 9.17) is 9.84 Å². The monoisotopic (exact) mass is 249 g/mol. The molecule has 96 valence electrons. The number of rotatable bonds is 1. The number of amides is 1. The normalized spacial score (nSPS) is 32.2. The van der Waals surface area contributed by atoms with Crippen molar-refractivity contribution in [2.75, 3.05) is 0 Å². The molecule has 2 fully saturated rings. The summed E-state index contributed by atoms with van der Waals surface area (Å²) in [5.41, 5.74) is 1.81. The molecule has 1 saturated carbocycles. The Hall–Kier alpha value is -1.78. The van der Waals surface area contributed by atoms with Crippen LogP contribution in [0.1, 0.15) is 32.6 Å². The lowest BCUT2D eigenvalue weighted by Gasteiger charge is -2.41. The lowest BCUT2D eigenvalue weighted by Crippen LogP contribution is -2.54. The molecule has 0 aromatic rings. The predicted octanol–water partition coefficient (Wildman–Crippen LogP) is 2.25. The third-order valence-electron chi connectivity index (χ3n) is 4.09. The summed E-state index contributed by atoms with van der Waals surface area (Å²) in [5.74, 6) is 0.436. The van der Waals surface area contributed by atoms with Crippen molar-refractivity contribution in [2.24, 2.45) is 5.92 Å². The Morgan fingerprint density at radius 2 is 2.28 bits per heavy atom. The topological polar surface area (TPSA) is 66.8 Å². The number of carboxylic acid groups (broad SMARTS) is 1. The van der Waals surface area contributed by atoms with E-state index in [0.29, 0.717) is 0 Å². The lowest BCUT2D eigenvalue weighted by atomic mass is 9.77. The molecule has 1 N–H and O–H groups in total. The zero-order valence-corrected chi connectivity index (χ0v) is 10.2. The molecule has 5 nitrogen and oxygen atoms in total. The second-order valence-corrected chi connectivity index (χ2v) is 4.91. The fraction of sp³-hybridized carbons (Fsp3) is 0.538. The molecule has 0 unspecified atom stereocenters. The van der Waals surface area contributed by atoms with Crippen LogP contribution in [0.5, 0.6) is 0 Å². The molecule has 0 radical (unpaired) electrons. The molecule has 3 rings (SSSR count). The van der Waals surface area contributed by atoms with Gasteiger partial charge in [-0.15, -0.1) is 0 Å². The van der Waals surface area contributed by atoms with Gasteiger partial charge in [0.05, 0.1) is 6.04 Å². The van der Waals surface area contributed by atoms with Crippen LogP contribution in [0.4, 0.5) is 4.79 Å². The van der Waals surface area contributed by atoms with Gasteiger partial charge in [-0.05, 0) is 31.8 Å². The summed E-state index contributed by atoms with van der Waals surface area (Å²) in [6.45, 7) is 1.85. The Morgan fingerprint density at radius 3 is 2.94 bits per heavy atom. The average molecular weight is 249 g/mol. The molecule has 2 aliphatic heterocycles. The average Bonchev–Trinajstić information content (AvgIpc) is 2.61. The van der Waals surface area contributed by atoms with Gasteiger partial charge in [-0.1, -0.05) is 12.5 Å². The maximum atomic E-state index is 12.0. The van der Waals surface area contributed by atoms with Gasteiger partial charge >= 0.3 is 6.16 Å². The van der Waals surface area contributed by atoms with E-state index in [0.717, 1.165) is 36.8 Å². The first-order chi connectivity index (χ1) is 8.65. The summed E-state index contributed by atoms with van der Waals surface area (Å²) in [6.07, 6.45) is 4.50. The quantitative estimate of drug-likeness (QED) is 0.439. The molecule has 1 aliphatic carbocycles. The summed E-state index contributed by atoms with van der Waals surface area (Å²) < 4.78 is 4.85. The number of fused-ring (bicyclic) bond motifs is 3. The minimum absolute atomic E-state index is 0.0205. The van der Waals surface area contributed by atoms with Crippen LogP contribution in [0.2, 0.25) is 0 Å². The maximum Gasteiger partial charge on any atom is 0.512 e. The van der Waals surface area contributed by atoms with Gasteiger partial charge in [0, 0.05) is 11.5 Å². The predicted molar refractivity (Wildman–Crippen MR) is 62.5 cm³/mol. The molecule has 0 spiro atoms. The molecule has 1 saturated heterocycles. The first kappa shape index (κ1) is 11.3. The van der Waals surface area contributed by atoms with Gasteiger partial charge in [0.2, 0.25) is 5.88 Å². The third kappa shape index (κ3) is 1.33. The minimum atomic E-state index is -1.34. The summed E-state index contributed by atoms with van der Waals surface area (Å²) in [4.78, 5) is 24.2. The molecular weight excluding hydrogens is 234 g/mol. The summed E-state index contributed by atoms with van der Waals surface area (Å²) in [6, 6.07) is 0.0205. The van der Waals surface area contributed by atoms with Gasteiger partial charge in [0.1, 0.15) is 0 Å². The first-order valence-electron chi connectivity index (χ1n) is 6.28. The highest BCUT2D eigenvalue weighted by Crippen LogP contribution is 2.51. The molecule has 0 bridgehead atoms. The number of carbonyl (C=O) groups is 2. The zero-order valence-electron chi connectivity index (χ0n) is 10.2. The molecule has 0 aromatic carbocycles. The van der Waals surface area contributed by atoms with Crippen molar-refractivity contribution >= 4 is 12.1 Å². The van der Waals surface area contributed by atoms with E-state index in [1.807, 2.05) is 13.0 Å². The highest BCUT2D eigenvalue weighted by molar-refractivity contribution is 6.04. The molecule has 2 heterocycles. The van der Waals surface area contributed by atoms with Gasteiger partial charge in [0.25, 0.3) is 5.91 Å². The Balaban J connectivity index is 1.99. The van der Waals surface area contributed by atoms with Crippen molar-refractivity contribution < 1.29 is 19.4 Å². The van der Waals surface area contributed by atoms with Crippen LogP contribution < -0.4 is 0 Å². The summed E-state index contributed by atoms with van der Waals surface area (Å²) >= 11 is 0. The Labute approximate surface area is 105 Å². The zero-order chi connectivity index (χ0) is 12.9. The maximum absolute atomic E-state index is 12.0. The minimum Gasteiger partial charge on any atom is -0.449 e. The number of nitrogens with zero attached hydrogens (tertiary/aromatic N) is 1. The number of hydrogen-bond acceptors (Lipinski definition) is 3. The van der Waals surface area contributed by atoms with E-state index in [1.54, 1.807) is 0 Å². The van der Waals surface area contributed by atoms with E-state index < -0.39 is 6.16 Å². The molecule has 1 amide bonds. The Kier molecular flexibility index (Phi) is 2.43. The fourth-order valence-electron chi connectivity index (χ4n) is 3.38. The van der Waals surface area contributed by atoms with Gasteiger partial charge < -0.3 is 9.84 Å². The molecular formula is C13H15NO4. The van der Waals surface area contributed by atoms with Crippen molar-refractivity contribution in [1.82, 2.24) is 4.90 Å². The number of β-lactam (4-membered cyclic amide) rings is 1. The van der Waals surface area contributed by atoms with Crippen molar-refractivity contribution in [3.05, 3.63) is 23.1 Å². The van der Waals surface area contributed by atoms with Crippen molar-refractivity contribution in [3.63, 3.8) is 0 Å². The standard InChI is InChI=1S/C13H15NO4/c1-2-7-10-8-5-3-4-6-9(8)12(18-13(16)17)14(10)11(7)15/h2,8,10H,3-6H2,1H3,(H,16,17)/b7-2+/t8-,10+/m1/s1. The fourth-order valence-corrected chi connectivity index (χ4v) is 3.38. The first-order valence-corrected chi connectivity index (χ1v) is 6.28. The second kappa shape index (κ2) is 3.86.